The molecule has 0 spiro atoms. The summed E-state index contributed by atoms with van der Waals surface area (Å²) >= 11 is 3.43. The van der Waals surface area contributed by atoms with E-state index in [2.05, 4.69) is 46.2 Å². The third-order valence-electron chi connectivity index (χ3n) is 5.73. The van der Waals surface area contributed by atoms with E-state index in [0.29, 0.717) is 45.7 Å². The highest BCUT2D eigenvalue weighted by Crippen LogP contribution is 2.33. The number of likely N-dealkylation sites (tertiary alicyclic amines) is 1. The molecular weight excluding hydrogens is 548 g/mol. The van der Waals surface area contributed by atoms with E-state index in [1.54, 1.807) is 31.5 Å². The fourth-order valence-electron chi connectivity index (χ4n) is 3.85. The van der Waals surface area contributed by atoms with Gasteiger partial charge in [-0.25, -0.2) is 18.1 Å². The van der Waals surface area contributed by atoms with Gasteiger partial charge in [-0.3, -0.25) is 4.90 Å². The Hall–Kier alpha value is -2.93. The highest BCUT2D eigenvalue weighted by Gasteiger charge is 2.18. The fraction of sp³-hybridized carbons (Fsp3) is 0.333. The minimum absolute atomic E-state index is 0.105. The van der Waals surface area contributed by atoms with E-state index in [0.717, 1.165) is 19.6 Å². The van der Waals surface area contributed by atoms with Gasteiger partial charge in [0.05, 0.1) is 23.0 Å². The molecule has 12 heteroatoms. The van der Waals surface area contributed by atoms with Crippen molar-refractivity contribution in [3.63, 3.8) is 0 Å². The van der Waals surface area contributed by atoms with E-state index in [-0.39, 0.29) is 4.90 Å². The molecule has 0 bridgehead atoms. The van der Waals surface area contributed by atoms with Crippen molar-refractivity contribution >= 4 is 49.1 Å². The molecule has 36 heavy (non-hydrogen) atoms. The van der Waals surface area contributed by atoms with Crippen LogP contribution in [0.15, 0.2) is 58.0 Å². The summed E-state index contributed by atoms with van der Waals surface area (Å²) in [5, 5.41) is 6.26. The Labute approximate surface area is 219 Å². The molecule has 1 saturated heterocycles. The maximum Gasteiger partial charge on any atom is 0.242 e. The fourth-order valence-corrected chi connectivity index (χ4v) is 5.03. The summed E-state index contributed by atoms with van der Waals surface area (Å²) in [6, 6.07) is 12.1. The van der Waals surface area contributed by atoms with Gasteiger partial charge < -0.3 is 20.1 Å². The van der Waals surface area contributed by atoms with Crippen molar-refractivity contribution in [2.24, 2.45) is 0 Å². The van der Waals surface area contributed by atoms with Gasteiger partial charge in [0.25, 0.3) is 0 Å². The molecule has 10 nitrogen and oxygen atoms in total. The van der Waals surface area contributed by atoms with E-state index in [1.807, 2.05) is 18.2 Å². The smallest absolute Gasteiger partial charge is 0.242 e. The van der Waals surface area contributed by atoms with Crippen molar-refractivity contribution in [1.29, 1.82) is 0 Å². The molecule has 192 valence electrons. The molecule has 1 aliphatic heterocycles. The quantitative estimate of drug-likeness (QED) is 0.309. The number of rotatable bonds is 11. The first-order valence-corrected chi connectivity index (χ1v) is 13.8. The number of hydrogen-bond donors (Lipinski definition) is 3. The Kier molecular flexibility index (Phi) is 8.62. The molecule has 2 aromatic carbocycles. The summed E-state index contributed by atoms with van der Waals surface area (Å²) in [6.45, 7) is 3.75. The van der Waals surface area contributed by atoms with E-state index in [4.69, 9.17) is 9.47 Å². The first kappa shape index (κ1) is 26.1. The van der Waals surface area contributed by atoms with Crippen molar-refractivity contribution in [3.05, 3.63) is 53.1 Å². The van der Waals surface area contributed by atoms with Crippen LogP contribution in [0.1, 0.15) is 12.8 Å². The normalized spacial score (nSPS) is 14.0. The van der Waals surface area contributed by atoms with E-state index >= 15 is 0 Å². The molecule has 2 heterocycles. The molecule has 0 saturated carbocycles. The summed E-state index contributed by atoms with van der Waals surface area (Å²) in [5.74, 6) is 2.00. The minimum Gasteiger partial charge on any atom is -0.495 e. The summed E-state index contributed by atoms with van der Waals surface area (Å²) in [4.78, 5) is 11.4. The molecule has 1 aliphatic rings. The van der Waals surface area contributed by atoms with Crippen LogP contribution in [-0.2, 0) is 10.0 Å². The molecule has 4 rings (SSSR count). The van der Waals surface area contributed by atoms with Gasteiger partial charge in [-0.05, 0) is 73.2 Å². The van der Waals surface area contributed by atoms with Crippen LogP contribution >= 0.6 is 15.9 Å². The average Bonchev–Trinajstić information content (AvgIpc) is 3.40. The lowest BCUT2D eigenvalue weighted by Gasteiger charge is -2.17. The Morgan fingerprint density at radius 2 is 1.86 bits per heavy atom. The van der Waals surface area contributed by atoms with Crippen LogP contribution in [-0.4, -0.2) is 63.7 Å². The second-order valence-electron chi connectivity index (χ2n) is 8.10. The highest BCUT2D eigenvalue weighted by atomic mass is 79.9. The molecular formula is C24H29BrN6O4S. The number of aromatic nitrogens is 2. The third-order valence-corrected chi connectivity index (χ3v) is 7.79. The van der Waals surface area contributed by atoms with E-state index in [1.165, 1.54) is 26.0 Å². The molecule has 0 atom stereocenters. The molecule has 0 aliphatic carbocycles. The summed E-state index contributed by atoms with van der Waals surface area (Å²) < 4.78 is 39.2. The minimum atomic E-state index is -3.67. The predicted octanol–water partition coefficient (Wildman–Crippen LogP) is 4.12. The van der Waals surface area contributed by atoms with Crippen LogP contribution in [0.2, 0.25) is 0 Å². The van der Waals surface area contributed by atoms with E-state index in [9.17, 15) is 8.42 Å². The van der Waals surface area contributed by atoms with Crippen LogP contribution in [0.5, 0.6) is 11.5 Å². The monoisotopic (exact) mass is 576 g/mol. The largest absolute Gasteiger partial charge is 0.495 e. The Morgan fingerprint density at radius 3 is 2.61 bits per heavy atom. The van der Waals surface area contributed by atoms with Gasteiger partial charge in [-0.2, -0.15) is 4.98 Å². The van der Waals surface area contributed by atoms with Gasteiger partial charge in [0, 0.05) is 18.8 Å². The number of halogens is 1. The van der Waals surface area contributed by atoms with Crippen molar-refractivity contribution in [3.8, 4) is 11.5 Å². The Bertz CT molecular complexity index is 1300. The SMILES string of the molecule is CNS(=O)(=O)c1ccccc1Nc1nc(Nc2cc(OCCN3CCCC3)ccc2OC)ncc1Br. The van der Waals surface area contributed by atoms with Gasteiger partial charge >= 0.3 is 0 Å². The molecule has 3 N–H and O–H groups in total. The molecule has 0 amide bonds. The molecule has 0 unspecified atom stereocenters. The number of ether oxygens (including phenoxy) is 2. The molecule has 1 fully saturated rings. The number of benzene rings is 2. The number of methoxy groups -OCH3 is 1. The van der Waals surface area contributed by atoms with Crippen molar-refractivity contribution in [1.82, 2.24) is 19.6 Å². The van der Waals surface area contributed by atoms with Gasteiger partial charge in [-0.15, -0.1) is 0 Å². The van der Waals surface area contributed by atoms with Crippen molar-refractivity contribution in [2.75, 3.05) is 51.0 Å². The molecule has 0 radical (unpaired) electrons. The van der Waals surface area contributed by atoms with Crippen LogP contribution in [0.25, 0.3) is 0 Å². The van der Waals surface area contributed by atoms with Crippen LogP contribution in [0, 0.1) is 0 Å². The lowest BCUT2D eigenvalue weighted by atomic mass is 10.2. The van der Waals surface area contributed by atoms with Gasteiger partial charge in [0.2, 0.25) is 16.0 Å². The maximum atomic E-state index is 12.4. The van der Waals surface area contributed by atoms with Crippen LogP contribution in [0.3, 0.4) is 0 Å². The first-order chi connectivity index (χ1) is 17.4. The van der Waals surface area contributed by atoms with Gasteiger partial charge in [0.1, 0.15) is 28.8 Å². The maximum absolute atomic E-state index is 12.4. The Morgan fingerprint density at radius 1 is 1.08 bits per heavy atom. The zero-order valence-corrected chi connectivity index (χ0v) is 22.5. The number of sulfonamides is 1. The lowest BCUT2D eigenvalue weighted by molar-refractivity contribution is 0.237. The predicted molar refractivity (Wildman–Crippen MR) is 143 cm³/mol. The summed E-state index contributed by atoms with van der Waals surface area (Å²) in [7, 11) is -0.714. The van der Waals surface area contributed by atoms with Gasteiger partial charge in [-0.1, -0.05) is 12.1 Å². The zero-order valence-electron chi connectivity index (χ0n) is 20.1. The van der Waals surface area contributed by atoms with E-state index < -0.39 is 10.0 Å². The second-order valence-corrected chi connectivity index (χ2v) is 10.8. The molecule has 3 aromatic rings. The average molecular weight is 578 g/mol. The lowest BCUT2D eigenvalue weighted by Crippen LogP contribution is -2.25. The van der Waals surface area contributed by atoms with Crippen LogP contribution < -0.4 is 24.8 Å². The number of anilines is 4. The van der Waals surface area contributed by atoms with Crippen molar-refractivity contribution in [2.45, 2.75) is 17.7 Å². The standard InChI is InChI=1S/C24H29BrN6O4S/c1-26-36(32,33)22-8-4-3-7-19(22)28-23-18(25)16-27-24(30-23)29-20-15-17(9-10-21(20)34-2)35-14-13-31-11-5-6-12-31/h3-4,7-10,15-16,26H,5-6,11-14H2,1-2H3,(H2,27,28,29,30). The van der Waals surface area contributed by atoms with Gasteiger partial charge in [0.15, 0.2) is 0 Å². The number of hydrogen-bond acceptors (Lipinski definition) is 9. The zero-order chi connectivity index (χ0) is 25.5. The highest BCUT2D eigenvalue weighted by molar-refractivity contribution is 9.10. The van der Waals surface area contributed by atoms with Crippen molar-refractivity contribution < 1.29 is 17.9 Å². The first-order valence-electron chi connectivity index (χ1n) is 11.5. The topological polar surface area (TPSA) is 118 Å². The summed E-state index contributed by atoms with van der Waals surface area (Å²) in [6.07, 6.45) is 4.07. The number of nitrogens with zero attached hydrogens (tertiary/aromatic N) is 3. The second kappa shape index (κ2) is 11.9. The third kappa shape index (κ3) is 6.44. The summed E-state index contributed by atoms with van der Waals surface area (Å²) in [5.41, 5.74) is 1.02. The molecule has 1 aromatic heterocycles. The number of nitrogens with one attached hydrogen (secondary N) is 3. The Balaban J connectivity index is 1.52. The number of para-hydroxylation sites is 1. The van der Waals surface area contributed by atoms with Crippen LogP contribution in [0.4, 0.5) is 23.1 Å².